The molecule has 1 amide bonds. The van der Waals surface area contributed by atoms with Crippen molar-refractivity contribution in [3.8, 4) is 0 Å². The Kier molecular flexibility index (Phi) is 4.32. The first kappa shape index (κ1) is 17.0. The Balaban J connectivity index is 3.04. The Bertz CT molecular complexity index is 378. The van der Waals surface area contributed by atoms with Crippen LogP contribution in [-0.4, -0.2) is 46.4 Å². The summed E-state index contributed by atoms with van der Waals surface area (Å²) in [5.74, 6) is -4.05. The van der Waals surface area contributed by atoms with Crippen LogP contribution in [0.1, 0.15) is 34.6 Å². The van der Waals surface area contributed by atoms with Crippen molar-refractivity contribution < 1.29 is 32.5 Å². The van der Waals surface area contributed by atoms with Crippen molar-refractivity contribution in [2.24, 2.45) is 5.92 Å². The molecule has 20 heavy (non-hydrogen) atoms. The van der Waals surface area contributed by atoms with E-state index in [2.05, 4.69) is 4.74 Å². The number of hydrogen-bond acceptors (Lipinski definition) is 4. The van der Waals surface area contributed by atoms with Gasteiger partial charge in [0, 0.05) is 0 Å². The quantitative estimate of drug-likeness (QED) is 0.808. The van der Waals surface area contributed by atoms with Gasteiger partial charge in [0.15, 0.2) is 0 Å². The number of aliphatic hydroxyl groups is 1. The molecule has 1 N–H and O–H groups in total. The number of alkyl halides is 3. The van der Waals surface area contributed by atoms with E-state index in [0.717, 1.165) is 4.90 Å². The van der Waals surface area contributed by atoms with Gasteiger partial charge in [0.2, 0.25) is 0 Å². The molecule has 1 saturated heterocycles. The summed E-state index contributed by atoms with van der Waals surface area (Å²) in [6.07, 6.45) is -5.95. The highest BCUT2D eigenvalue weighted by Gasteiger charge is 2.67. The summed E-state index contributed by atoms with van der Waals surface area (Å²) in [5.41, 5.74) is -0.850. The fraction of sp³-hybridized carbons (Fsp3) is 0.917. The molecular weight excluding hydrogens is 279 g/mol. The van der Waals surface area contributed by atoms with Crippen LogP contribution in [0, 0.1) is 5.92 Å². The van der Waals surface area contributed by atoms with Crippen molar-refractivity contribution in [1.29, 1.82) is 0 Å². The van der Waals surface area contributed by atoms with Gasteiger partial charge in [-0.25, -0.2) is 4.79 Å². The minimum absolute atomic E-state index is 0.670. The molecule has 0 bridgehead atoms. The molecule has 0 aromatic rings. The maximum absolute atomic E-state index is 13.0. The highest BCUT2D eigenvalue weighted by atomic mass is 19.4. The second kappa shape index (κ2) is 5.07. The van der Waals surface area contributed by atoms with Crippen LogP contribution in [0.5, 0.6) is 0 Å². The van der Waals surface area contributed by atoms with Crippen molar-refractivity contribution in [2.75, 3.05) is 6.73 Å². The summed E-state index contributed by atoms with van der Waals surface area (Å²) in [7, 11) is 0. The third-order valence-electron chi connectivity index (χ3n) is 2.83. The zero-order valence-electron chi connectivity index (χ0n) is 12.1. The van der Waals surface area contributed by atoms with Gasteiger partial charge in [-0.3, -0.25) is 4.90 Å². The summed E-state index contributed by atoms with van der Waals surface area (Å²) < 4.78 is 48.4. The molecular formula is C12H20F3NO4. The van der Waals surface area contributed by atoms with Gasteiger partial charge in [-0.1, -0.05) is 13.8 Å². The SMILES string of the molecule is CC(C)[C@@H]1N(C(=O)OC(C)(C)C)CO[C@]1(O)C(F)(F)F. The average molecular weight is 299 g/mol. The summed E-state index contributed by atoms with van der Waals surface area (Å²) in [6, 6.07) is -1.56. The molecule has 0 saturated carbocycles. The van der Waals surface area contributed by atoms with Crippen LogP contribution in [-0.2, 0) is 9.47 Å². The molecule has 1 rings (SSSR count). The molecule has 8 heteroatoms. The van der Waals surface area contributed by atoms with Gasteiger partial charge in [-0.15, -0.1) is 0 Å². The summed E-state index contributed by atoms with van der Waals surface area (Å²) in [4.78, 5) is 12.7. The van der Waals surface area contributed by atoms with Crippen molar-refractivity contribution >= 4 is 6.09 Å². The summed E-state index contributed by atoms with van der Waals surface area (Å²) in [6.45, 7) is 7.06. The molecule has 0 unspecified atom stereocenters. The molecule has 1 heterocycles. The first-order valence-corrected chi connectivity index (χ1v) is 6.22. The number of nitrogens with zero attached hydrogens (tertiary/aromatic N) is 1. The van der Waals surface area contributed by atoms with E-state index in [9.17, 15) is 23.1 Å². The molecule has 1 aliphatic heterocycles. The van der Waals surface area contributed by atoms with Gasteiger partial charge in [-0.05, 0) is 26.7 Å². The number of amides is 1. The standard InChI is InChI=1S/C12H20F3NO4/c1-7(2)8-11(18,12(13,14)15)19-6-16(8)9(17)20-10(3,4)5/h7-8,18H,6H2,1-5H3/t8-,11-/m0/s1. The number of rotatable bonds is 1. The van der Waals surface area contributed by atoms with Crippen LogP contribution in [0.4, 0.5) is 18.0 Å². The fourth-order valence-corrected chi connectivity index (χ4v) is 2.09. The lowest BCUT2D eigenvalue weighted by Crippen LogP contribution is -2.58. The Morgan fingerprint density at radius 2 is 1.90 bits per heavy atom. The fourth-order valence-electron chi connectivity index (χ4n) is 2.09. The van der Waals surface area contributed by atoms with Crippen LogP contribution >= 0.6 is 0 Å². The third-order valence-corrected chi connectivity index (χ3v) is 2.83. The highest BCUT2D eigenvalue weighted by molar-refractivity contribution is 5.69. The van der Waals surface area contributed by atoms with E-state index in [0.29, 0.717) is 0 Å². The van der Waals surface area contributed by atoms with Gasteiger partial charge < -0.3 is 14.6 Å². The maximum Gasteiger partial charge on any atom is 0.445 e. The van der Waals surface area contributed by atoms with Crippen LogP contribution in [0.15, 0.2) is 0 Å². The van der Waals surface area contributed by atoms with E-state index in [-0.39, 0.29) is 0 Å². The number of carbonyl (C=O) groups excluding carboxylic acids is 1. The smallest absolute Gasteiger partial charge is 0.444 e. The molecule has 0 spiro atoms. The summed E-state index contributed by atoms with van der Waals surface area (Å²) in [5, 5.41) is 9.78. The first-order chi connectivity index (χ1) is 8.79. The van der Waals surface area contributed by atoms with E-state index >= 15 is 0 Å². The number of hydrogen-bond donors (Lipinski definition) is 1. The van der Waals surface area contributed by atoms with Crippen LogP contribution in [0.25, 0.3) is 0 Å². The molecule has 5 nitrogen and oxygen atoms in total. The number of halogens is 3. The van der Waals surface area contributed by atoms with Crippen LogP contribution in [0.2, 0.25) is 0 Å². The lowest BCUT2D eigenvalue weighted by atomic mass is 9.94. The monoisotopic (exact) mass is 299 g/mol. The Morgan fingerprint density at radius 1 is 1.40 bits per heavy atom. The van der Waals surface area contributed by atoms with E-state index < -0.39 is 42.3 Å². The van der Waals surface area contributed by atoms with Gasteiger partial charge in [0.25, 0.3) is 5.79 Å². The Morgan fingerprint density at radius 3 is 2.25 bits per heavy atom. The van der Waals surface area contributed by atoms with Crippen LogP contribution < -0.4 is 0 Å². The number of ether oxygens (including phenoxy) is 2. The van der Waals surface area contributed by atoms with Crippen LogP contribution in [0.3, 0.4) is 0 Å². The molecule has 0 aliphatic carbocycles. The predicted octanol–water partition coefficient (Wildman–Crippen LogP) is 2.49. The Hall–Kier alpha value is -1.02. The first-order valence-electron chi connectivity index (χ1n) is 6.22. The molecule has 118 valence electrons. The largest absolute Gasteiger partial charge is 0.445 e. The van der Waals surface area contributed by atoms with Crippen molar-refractivity contribution in [3.05, 3.63) is 0 Å². The zero-order chi connectivity index (χ0) is 15.9. The van der Waals surface area contributed by atoms with Gasteiger partial charge in [-0.2, -0.15) is 13.2 Å². The van der Waals surface area contributed by atoms with E-state index in [4.69, 9.17) is 4.74 Å². The van der Waals surface area contributed by atoms with Crippen molar-refractivity contribution in [2.45, 2.75) is 58.2 Å². The average Bonchev–Trinajstić information content (AvgIpc) is 2.53. The van der Waals surface area contributed by atoms with E-state index in [1.54, 1.807) is 20.8 Å². The lowest BCUT2D eigenvalue weighted by molar-refractivity contribution is -0.357. The topological polar surface area (TPSA) is 59.0 Å². The molecule has 0 aromatic heterocycles. The molecule has 0 aromatic carbocycles. The van der Waals surface area contributed by atoms with Gasteiger partial charge >= 0.3 is 12.3 Å². The maximum atomic E-state index is 13.0. The normalized spacial score (nSPS) is 28.1. The lowest BCUT2D eigenvalue weighted by Gasteiger charge is -2.35. The van der Waals surface area contributed by atoms with E-state index in [1.165, 1.54) is 13.8 Å². The minimum Gasteiger partial charge on any atom is -0.444 e. The van der Waals surface area contributed by atoms with Gasteiger partial charge in [0.1, 0.15) is 18.4 Å². The highest BCUT2D eigenvalue weighted by Crippen LogP contribution is 2.43. The molecule has 1 aliphatic rings. The van der Waals surface area contributed by atoms with Crippen molar-refractivity contribution in [1.82, 2.24) is 4.90 Å². The second-order valence-corrected chi connectivity index (χ2v) is 6.11. The van der Waals surface area contributed by atoms with Crippen molar-refractivity contribution in [3.63, 3.8) is 0 Å². The number of carbonyl (C=O) groups is 1. The molecule has 1 fully saturated rings. The zero-order valence-corrected chi connectivity index (χ0v) is 12.1. The van der Waals surface area contributed by atoms with Gasteiger partial charge in [0.05, 0.1) is 0 Å². The minimum atomic E-state index is -5.00. The predicted molar refractivity (Wildman–Crippen MR) is 63.7 cm³/mol. The Labute approximate surface area is 115 Å². The van der Waals surface area contributed by atoms with E-state index in [1.807, 2.05) is 0 Å². The second-order valence-electron chi connectivity index (χ2n) is 6.11. The molecule has 2 atom stereocenters. The molecule has 0 radical (unpaired) electrons. The summed E-state index contributed by atoms with van der Waals surface area (Å²) >= 11 is 0. The third kappa shape index (κ3) is 3.17.